The van der Waals surface area contributed by atoms with Crippen molar-refractivity contribution in [2.75, 3.05) is 6.61 Å². The summed E-state index contributed by atoms with van der Waals surface area (Å²) in [4.78, 5) is 36.0. The molecule has 1 fully saturated rings. The first-order valence-electron chi connectivity index (χ1n) is 7.92. The highest BCUT2D eigenvalue weighted by atomic mass is 32.2. The van der Waals surface area contributed by atoms with E-state index in [0.717, 1.165) is 16.7 Å². The molecule has 0 spiro atoms. The molecule has 0 saturated carbocycles. The number of hydrogen-bond donors (Lipinski definition) is 3. The molecule has 1 heterocycles. The van der Waals surface area contributed by atoms with Crippen LogP contribution in [0.4, 0.5) is 0 Å². The molecule has 3 N–H and O–H groups in total. The summed E-state index contributed by atoms with van der Waals surface area (Å²) in [6.07, 6.45) is 0.859. The van der Waals surface area contributed by atoms with Crippen LogP contribution < -0.4 is 4.74 Å². The topological polar surface area (TPSA) is 124 Å². The second-order valence-corrected chi connectivity index (χ2v) is 7.17. The lowest BCUT2D eigenvalue weighted by Crippen LogP contribution is -2.44. The van der Waals surface area contributed by atoms with E-state index < -0.39 is 30.3 Å². The zero-order valence-electron chi connectivity index (χ0n) is 14.2. The summed E-state index contributed by atoms with van der Waals surface area (Å²) in [6.45, 7) is 2.11. The fourth-order valence-corrected chi connectivity index (χ4v) is 3.77. The van der Waals surface area contributed by atoms with E-state index in [0.29, 0.717) is 12.2 Å². The maximum Gasteiger partial charge on any atom is 0.326 e. The van der Waals surface area contributed by atoms with Gasteiger partial charge in [0.1, 0.15) is 10.4 Å². The SMILES string of the molecule is CCOc1cc(/C=C2/SC(=S)N(C(CCC(=O)O)C(=O)O)C2=O)ccc1O. The Bertz CT molecular complexity index is 821. The maximum absolute atomic E-state index is 12.6. The van der Waals surface area contributed by atoms with Crippen molar-refractivity contribution in [3.8, 4) is 11.5 Å². The van der Waals surface area contributed by atoms with Crippen LogP contribution in [0.2, 0.25) is 0 Å². The van der Waals surface area contributed by atoms with Crippen LogP contribution >= 0.6 is 24.0 Å². The van der Waals surface area contributed by atoms with E-state index in [2.05, 4.69) is 0 Å². The number of benzene rings is 1. The lowest BCUT2D eigenvalue weighted by Gasteiger charge is -2.22. The summed E-state index contributed by atoms with van der Waals surface area (Å²) in [5.41, 5.74) is 0.564. The first-order valence-corrected chi connectivity index (χ1v) is 9.14. The van der Waals surface area contributed by atoms with Crippen molar-refractivity contribution in [3.63, 3.8) is 0 Å². The number of hydrogen-bond acceptors (Lipinski definition) is 7. The largest absolute Gasteiger partial charge is 0.504 e. The van der Waals surface area contributed by atoms with Crippen LogP contribution in [0.1, 0.15) is 25.3 Å². The van der Waals surface area contributed by atoms with Gasteiger partial charge in [-0.15, -0.1) is 0 Å². The summed E-state index contributed by atoms with van der Waals surface area (Å²) in [5, 5.41) is 27.9. The maximum atomic E-state index is 12.6. The fraction of sp³-hybridized carbons (Fsp3) is 0.294. The number of aromatic hydroxyl groups is 1. The number of aliphatic carboxylic acids is 2. The second kappa shape index (κ2) is 8.87. The van der Waals surface area contributed by atoms with Crippen LogP contribution in [-0.2, 0) is 14.4 Å². The van der Waals surface area contributed by atoms with Crippen LogP contribution in [0.3, 0.4) is 0 Å². The molecule has 1 aliphatic rings. The predicted octanol–water partition coefficient (Wildman–Crippen LogP) is 2.31. The van der Waals surface area contributed by atoms with Crippen molar-refractivity contribution in [3.05, 3.63) is 28.7 Å². The summed E-state index contributed by atoms with van der Waals surface area (Å²) >= 11 is 6.06. The molecule has 0 aliphatic carbocycles. The van der Waals surface area contributed by atoms with Crippen LogP contribution in [0.5, 0.6) is 11.5 Å². The number of thiocarbonyl (C=S) groups is 1. The molecule has 1 aromatic carbocycles. The number of nitrogens with zero attached hydrogens (tertiary/aromatic N) is 1. The smallest absolute Gasteiger partial charge is 0.326 e. The number of carbonyl (C=O) groups excluding carboxylic acids is 1. The van der Waals surface area contributed by atoms with E-state index in [-0.39, 0.29) is 27.1 Å². The number of carbonyl (C=O) groups is 3. The zero-order chi connectivity index (χ0) is 20.1. The van der Waals surface area contributed by atoms with Gasteiger partial charge in [-0.25, -0.2) is 4.79 Å². The Morgan fingerprint density at radius 1 is 1.37 bits per heavy atom. The third-order valence-electron chi connectivity index (χ3n) is 3.63. The van der Waals surface area contributed by atoms with E-state index in [4.69, 9.17) is 22.1 Å². The molecule has 0 aromatic heterocycles. The zero-order valence-corrected chi connectivity index (χ0v) is 15.9. The van der Waals surface area contributed by atoms with Gasteiger partial charge in [0.2, 0.25) is 0 Å². The highest BCUT2D eigenvalue weighted by Gasteiger charge is 2.40. The van der Waals surface area contributed by atoms with E-state index in [1.54, 1.807) is 19.1 Å². The Morgan fingerprint density at radius 3 is 2.67 bits per heavy atom. The molecular weight excluding hydrogens is 394 g/mol. The first kappa shape index (κ1) is 20.7. The van der Waals surface area contributed by atoms with Gasteiger partial charge in [-0.05, 0) is 37.1 Å². The highest BCUT2D eigenvalue weighted by Crippen LogP contribution is 2.36. The lowest BCUT2D eigenvalue weighted by atomic mass is 10.1. The molecule has 10 heteroatoms. The fourth-order valence-electron chi connectivity index (χ4n) is 2.41. The third-order valence-corrected chi connectivity index (χ3v) is 4.96. The minimum atomic E-state index is -1.35. The Labute approximate surface area is 164 Å². The van der Waals surface area contributed by atoms with Gasteiger partial charge in [0.15, 0.2) is 11.5 Å². The normalized spacial score (nSPS) is 16.6. The molecule has 0 bridgehead atoms. The number of rotatable bonds is 8. The van der Waals surface area contributed by atoms with E-state index in [1.807, 2.05) is 0 Å². The molecule has 2 rings (SSSR count). The molecule has 0 radical (unpaired) electrons. The number of carboxylic acid groups (broad SMARTS) is 2. The average Bonchev–Trinajstić information content (AvgIpc) is 2.85. The number of phenolic OH excluding ortho intramolecular Hbond substituents is 1. The average molecular weight is 411 g/mol. The van der Waals surface area contributed by atoms with Crippen LogP contribution in [-0.4, -0.2) is 55.0 Å². The number of carboxylic acids is 2. The quantitative estimate of drug-likeness (QED) is 0.436. The predicted molar refractivity (Wildman–Crippen MR) is 103 cm³/mol. The third kappa shape index (κ3) is 4.98. The molecule has 144 valence electrons. The summed E-state index contributed by atoms with van der Waals surface area (Å²) < 4.78 is 5.34. The molecule has 1 atom stereocenters. The van der Waals surface area contributed by atoms with Crippen molar-refractivity contribution in [2.24, 2.45) is 0 Å². The number of ether oxygens (including phenoxy) is 1. The van der Waals surface area contributed by atoms with Gasteiger partial charge in [-0.3, -0.25) is 14.5 Å². The second-order valence-electron chi connectivity index (χ2n) is 5.50. The standard InChI is InChI=1S/C17H17NO7S2/c1-2-25-12-7-9(3-5-11(12)19)8-13-15(22)18(17(26)27-13)10(16(23)24)4-6-14(20)21/h3,5,7-8,10,19H,2,4,6H2,1H3,(H,20,21)(H,23,24)/b13-8+. The summed E-state index contributed by atoms with van der Waals surface area (Å²) in [6, 6.07) is 3.19. The minimum absolute atomic E-state index is 0.0406. The van der Waals surface area contributed by atoms with Crippen molar-refractivity contribution in [1.29, 1.82) is 0 Å². The highest BCUT2D eigenvalue weighted by molar-refractivity contribution is 8.26. The van der Waals surface area contributed by atoms with Crippen molar-refractivity contribution in [1.82, 2.24) is 4.90 Å². The van der Waals surface area contributed by atoms with Gasteiger partial charge in [0, 0.05) is 6.42 Å². The number of thioether (sulfide) groups is 1. The lowest BCUT2D eigenvalue weighted by molar-refractivity contribution is -0.146. The van der Waals surface area contributed by atoms with Crippen molar-refractivity contribution < 1.29 is 34.4 Å². The molecule has 27 heavy (non-hydrogen) atoms. The molecular formula is C17H17NO7S2. The Kier molecular flexibility index (Phi) is 6.81. The molecule has 1 unspecified atom stereocenters. The summed E-state index contributed by atoms with van der Waals surface area (Å²) in [5.74, 6) is -2.87. The monoisotopic (exact) mass is 411 g/mol. The Hall–Kier alpha value is -2.59. The van der Waals surface area contributed by atoms with Crippen LogP contribution in [0, 0.1) is 0 Å². The molecule has 1 aliphatic heterocycles. The van der Waals surface area contributed by atoms with Gasteiger partial charge in [0.25, 0.3) is 5.91 Å². The van der Waals surface area contributed by atoms with Crippen LogP contribution in [0.25, 0.3) is 6.08 Å². The molecule has 1 amide bonds. The summed E-state index contributed by atoms with van der Waals surface area (Å²) in [7, 11) is 0. The minimum Gasteiger partial charge on any atom is -0.504 e. The van der Waals surface area contributed by atoms with Gasteiger partial charge in [-0.2, -0.15) is 0 Å². The van der Waals surface area contributed by atoms with E-state index >= 15 is 0 Å². The van der Waals surface area contributed by atoms with Crippen LogP contribution in [0.15, 0.2) is 23.1 Å². The number of phenols is 1. The van der Waals surface area contributed by atoms with Crippen molar-refractivity contribution >= 4 is 52.2 Å². The van der Waals surface area contributed by atoms with Crippen molar-refractivity contribution in [2.45, 2.75) is 25.8 Å². The Morgan fingerprint density at radius 2 is 2.07 bits per heavy atom. The van der Waals surface area contributed by atoms with E-state index in [1.165, 1.54) is 12.1 Å². The first-order chi connectivity index (χ1) is 12.7. The van der Waals surface area contributed by atoms with E-state index in [9.17, 15) is 24.6 Å². The van der Waals surface area contributed by atoms with Gasteiger partial charge < -0.3 is 20.1 Å². The molecule has 8 nitrogen and oxygen atoms in total. The van der Waals surface area contributed by atoms with Gasteiger partial charge >= 0.3 is 11.9 Å². The molecule has 1 aromatic rings. The number of amides is 1. The molecule has 1 saturated heterocycles. The Balaban J connectivity index is 2.28. The van der Waals surface area contributed by atoms with Gasteiger partial charge in [-0.1, -0.05) is 30.0 Å². The van der Waals surface area contributed by atoms with Gasteiger partial charge in [0.05, 0.1) is 11.5 Å².